The molecule has 4 rings (SSSR count). The van der Waals surface area contributed by atoms with Gasteiger partial charge >= 0.3 is 6.03 Å². The molecular formula is C27H22ClN3O7. The number of non-ortho nitro benzene ring substituents is 1. The second-order valence-electron chi connectivity index (χ2n) is 8.22. The minimum absolute atomic E-state index is 0.0387. The average Bonchev–Trinajstić information content (AvgIpc) is 2.87. The van der Waals surface area contributed by atoms with Gasteiger partial charge in [0, 0.05) is 12.1 Å². The fourth-order valence-corrected chi connectivity index (χ4v) is 4.07. The fraction of sp³-hybridized carbons (Fsp3) is 0.148. The van der Waals surface area contributed by atoms with E-state index in [1.54, 1.807) is 56.3 Å². The molecule has 4 amide bonds. The van der Waals surface area contributed by atoms with Gasteiger partial charge in [-0.15, -0.1) is 0 Å². The number of carbonyl (C=O) groups is 3. The number of rotatable bonds is 8. The molecule has 0 bridgehead atoms. The number of aryl methyl sites for hydroxylation is 1. The molecule has 0 unspecified atom stereocenters. The van der Waals surface area contributed by atoms with Crippen LogP contribution in [0.15, 0.2) is 66.2 Å². The molecule has 3 aromatic rings. The van der Waals surface area contributed by atoms with E-state index in [9.17, 15) is 24.5 Å². The van der Waals surface area contributed by atoms with Gasteiger partial charge in [0.15, 0.2) is 11.5 Å². The molecule has 0 aromatic heterocycles. The van der Waals surface area contributed by atoms with Crippen LogP contribution in [0.4, 0.5) is 16.2 Å². The van der Waals surface area contributed by atoms with Crippen LogP contribution < -0.4 is 19.7 Å². The maximum Gasteiger partial charge on any atom is 0.335 e. The highest BCUT2D eigenvalue weighted by molar-refractivity contribution is 6.39. The van der Waals surface area contributed by atoms with Gasteiger partial charge in [0.05, 0.1) is 22.2 Å². The smallest absolute Gasteiger partial charge is 0.335 e. The Morgan fingerprint density at radius 3 is 2.42 bits per heavy atom. The summed E-state index contributed by atoms with van der Waals surface area (Å²) in [6, 6.07) is 14.9. The third-order valence-electron chi connectivity index (χ3n) is 5.63. The van der Waals surface area contributed by atoms with Gasteiger partial charge in [0.1, 0.15) is 12.2 Å². The van der Waals surface area contributed by atoms with E-state index in [4.69, 9.17) is 21.1 Å². The van der Waals surface area contributed by atoms with Crippen molar-refractivity contribution in [2.45, 2.75) is 20.5 Å². The predicted molar refractivity (Wildman–Crippen MR) is 140 cm³/mol. The topological polar surface area (TPSA) is 128 Å². The van der Waals surface area contributed by atoms with Gasteiger partial charge in [0.2, 0.25) is 0 Å². The molecule has 38 heavy (non-hydrogen) atoms. The highest BCUT2D eigenvalue weighted by atomic mass is 35.5. The zero-order valence-electron chi connectivity index (χ0n) is 20.4. The van der Waals surface area contributed by atoms with Crippen molar-refractivity contribution >= 4 is 46.9 Å². The third-order valence-corrected chi connectivity index (χ3v) is 5.91. The van der Waals surface area contributed by atoms with Crippen molar-refractivity contribution in [1.29, 1.82) is 0 Å². The summed E-state index contributed by atoms with van der Waals surface area (Å²) >= 11 is 6.49. The standard InChI is InChI=1S/C27H22ClN3O7/c1-3-37-23-14-18(13-21(28)24(23)38-15-17-8-10-19(11-9-17)31(35)36)12-20-25(32)29-27(34)30(26(20)33)22-7-5-4-6-16(22)2/h4-14H,3,15H2,1-2H3,(H,29,32,34)/b20-12+. The molecule has 1 heterocycles. The quantitative estimate of drug-likeness (QED) is 0.182. The van der Waals surface area contributed by atoms with Gasteiger partial charge in [-0.2, -0.15) is 0 Å². The lowest BCUT2D eigenvalue weighted by atomic mass is 10.1. The summed E-state index contributed by atoms with van der Waals surface area (Å²) in [5.41, 5.74) is 1.79. The van der Waals surface area contributed by atoms with E-state index in [2.05, 4.69) is 5.32 Å². The van der Waals surface area contributed by atoms with Gasteiger partial charge in [-0.1, -0.05) is 29.8 Å². The number of benzene rings is 3. The molecule has 0 radical (unpaired) electrons. The zero-order valence-corrected chi connectivity index (χ0v) is 21.2. The Morgan fingerprint density at radius 2 is 1.76 bits per heavy atom. The Labute approximate surface area is 222 Å². The van der Waals surface area contributed by atoms with Crippen LogP contribution in [0.2, 0.25) is 5.02 Å². The van der Waals surface area contributed by atoms with Crippen LogP contribution in [0.25, 0.3) is 6.08 Å². The minimum Gasteiger partial charge on any atom is -0.490 e. The van der Waals surface area contributed by atoms with Gasteiger partial charge in [-0.3, -0.25) is 25.0 Å². The number of ether oxygens (including phenoxy) is 2. The number of nitrogens with zero attached hydrogens (tertiary/aromatic N) is 2. The summed E-state index contributed by atoms with van der Waals surface area (Å²) in [5.74, 6) is -1.12. The van der Waals surface area contributed by atoms with E-state index in [-0.39, 0.29) is 41.0 Å². The van der Waals surface area contributed by atoms with E-state index < -0.39 is 22.8 Å². The summed E-state index contributed by atoms with van der Waals surface area (Å²) in [7, 11) is 0. The molecule has 0 aliphatic carbocycles. The number of para-hydroxylation sites is 1. The second kappa shape index (κ2) is 11.1. The summed E-state index contributed by atoms with van der Waals surface area (Å²) in [6.45, 7) is 3.86. The van der Waals surface area contributed by atoms with Crippen molar-refractivity contribution < 1.29 is 28.8 Å². The SMILES string of the molecule is CCOc1cc(/C=C2\C(=O)NC(=O)N(c3ccccc3C)C2=O)cc(Cl)c1OCc1ccc([N+](=O)[O-])cc1. The predicted octanol–water partition coefficient (Wildman–Crippen LogP) is 5.20. The Kier molecular flexibility index (Phi) is 7.73. The van der Waals surface area contributed by atoms with Crippen LogP contribution in [-0.2, 0) is 16.2 Å². The van der Waals surface area contributed by atoms with Crippen molar-refractivity contribution in [1.82, 2.24) is 5.32 Å². The molecule has 3 aromatic carbocycles. The number of barbiturate groups is 1. The van der Waals surface area contributed by atoms with E-state index in [0.29, 0.717) is 22.4 Å². The van der Waals surface area contributed by atoms with Crippen LogP contribution in [-0.4, -0.2) is 29.4 Å². The first-order valence-corrected chi connectivity index (χ1v) is 11.9. The Bertz CT molecular complexity index is 1470. The molecule has 10 nitrogen and oxygen atoms in total. The molecule has 1 saturated heterocycles. The highest BCUT2D eigenvalue weighted by Crippen LogP contribution is 2.38. The monoisotopic (exact) mass is 535 g/mol. The van der Waals surface area contributed by atoms with Gasteiger partial charge in [-0.05, 0) is 66.9 Å². The Morgan fingerprint density at radius 1 is 1.05 bits per heavy atom. The van der Waals surface area contributed by atoms with E-state index >= 15 is 0 Å². The third kappa shape index (κ3) is 5.50. The number of nitro benzene ring substituents is 1. The molecule has 194 valence electrons. The van der Waals surface area contributed by atoms with E-state index in [0.717, 1.165) is 4.90 Å². The van der Waals surface area contributed by atoms with Crippen LogP contribution in [0, 0.1) is 17.0 Å². The summed E-state index contributed by atoms with van der Waals surface area (Å²) in [6.07, 6.45) is 1.32. The van der Waals surface area contributed by atoms with E-state index in [1.807, 2.05) is 0 Å². The number of carbonyl (C=O) groups excluding carboxylic acids is 3. The number of anilines is 1. The first-order chi connectivity index (χ1) is 18.2. The summed E-state index contributed by atoms with van der Waals surface area (Å²) in [5, 5.41) is 13.2. The van der Waals surface area contributed by atoms with Crippen LogP contribution >= 0.6 is 11.6 Å². The Hall–Kier alpha value is -4.70. The number of imide groups is 2. The normalized spacial score (nSPS) is 14.4. The summed E-state index contributed by atoms with van der Waals surface area (Å²) < 4.78 is 11.5. The number of hydrogen-bond acceptors (Lipinski definition) is 7. The lowest BCUT2D eigenvalue weighted by molar-refractivity contribution is -0.384. The molecule has 1 fully saturated rings. The first-order valence-electron chi connectivity index (χ1n) is 11.5. The maximum atomic E-state index is 13.2. The number of hydrogen-bond donors (Lipinski definition) is 1. The first kappa shape index (κ1) is 26.4. The van der Waals surface area contributed by atoms with Crippen LogP contribution in [0.1, 0.15) is 23.6 Å². The number of nitro groups is 1. The van der Waals surface area contributed by atoms with Gasteiger partial charge < -0.3 is 9.47 Å². The molecular weight excluding hydrogens is 514 g/mol. The highest BCUT2D eigenvalue weighted by Gasteiger charge is 2.37. The largest absolute Gasteiger partial charge is 0.490 e. The molecule has 0 saturated carbocycles. The average molecular weight is 536 g/mol. The molecule has 1 aliphatic heterocycles. The van der Waals surface area contributed by atoms with Crippen LogP contribution in [0.3, 0.4) is 0 Å². The van der Waals surface area contributed by atoms with Crippen molar-refractivity contribution in [3.63, 3.8) is 0 Å². The lowest BCUT2D eigenvalue weighted by Crippen LogP contribution is -2.54. The van der Waals surface area contributed by atoms with E-state index in [1.165, 1.54) is 24.3 Å². The van der Waals surface area contributed by atoms with Crippen molar-refractivity contribution in [3.8, 4) is 11.5 Å². The summed E-state index contributed by atoms with van der Waals surface area (Å²) in [4.78, 5) is 49.6. The molecule has 0 atom stereocenters. The zero-order chi connectivity index (χ0) is 27.4. The van der Waals surface area contributed by atoms with Crippen molar-refractivity contribution in [2.24, 2.45) is 0 Å². The number of nitrogens with one attached hydrogen (secondary N) is 1. The number of amides is 4. The van der Waals surface area contributed by atoms with Crippen molar-refractivity contribution in [2.75, 3.05) is 11.5 Å². The van der Waals surface area contributed by atoms with Crippen LogP contribution in [0.5, 0.6) is 11.5 Å². The number of halogens is 1. The lowest BCUT2D eigenvalue weighted by Gasteiger charge is -2.27. The molecule has 1 N–H and O–H groups in total. The number of urea groups is 1. The second-order valence-corrected chi connectivity index (χ2v) is 8.63. The van der Waals surface area contributed by atoms with Gasteiger partial charge in [-0.25, -0.2) is 9.69 Å². The van der Waals surface area contributed by atoms with Crippen molar-refractivity contribution in [3.05, 3.63) is 98.1 Å². The molecule has 1 aliphatic rings. The van der Waals surface area contributed by atoms with Gasteiger partial charge in [0.25, 0.3) is 17.5 Å². The Balaban J connectivity index is 1.64. The maximum absolute atomic E-state index is 13.2. The minimum atomic E-state index is -0.838. The molecule has 0 spiro atoms. The fourth-order valence-electron chi connectivity index (χ4n) is 3.80. The molecule has 11 heteroatoms.